The van der Waals surface area contributed by atoms with Gasteiger partial charge in [-0.05, 0) is 48.7 Å². The van der Waals surface area contributed by atoms with Gasteiger partial charge in [0, 0.05) is 36.7 Å². The number of benzene rings is 1. The molecule has 0 amide bonds. The van der Waals surface area contributed by atoms with Gasteiger partial charge in [-0.25, -0.2) is 9.97 Å². The molecule has 0 saturated carbocycles. The highest BCUT2D eigenvalue weighted by molar-refractivity contribution is 5.69. The van der Waals surface area contributed by atoms with Gasteiger partial charge in [-0.3, -0.25) is 14.7 Å². The van der Waals surface area contributed by atoms with Gasteiger partial charge < -0.3 is 16.2 Å². The Kier molecular flexibility index (Phi) is 8.36. The van der Waals surface area contributed by atoms with Crippen molar-refractivity contribution in [2.45, 2.75) is 19.4 Å². The van der Waals surface area contributed by atoms with E-state index in [9.17, 15) is 4.79 Å². The Morgan fingerprint density at radius 3 is 2.88 bits per heavy atom. The first-order chi connectivity index (χ1) is 15.6. The Balaban J connectivity index is 1.74. The van der Waals surface area contributed by atoms with E-state index >= 15 is 0 Å². The zero-order valence-corrected chi connectivity index (χ0v) is 17.8. The Hall–Kier alpha value is -3.69. The molecule has 0 atom stereocenters. The number of hydrogen-bond acceptors (Lipinski definition) is 8. The number of hydrogen-bond donors (Lipinski definition) is 3. The number of carbonyl (C=O) groups is 1. The Labute approximate surface area is 187 Å². The molecule has 0 saturated heterocycles. The fraction of sp³-hybridized carbons (Fsp3) is 0.261. The van der Waals surface area contributed by atoms with E-state index in [0.29, 0.717) is 31.4 Å². The van der Waals surface area contributed by atoms with Crippen molar-refractivity contribution in [2.24, 2.45) is 5.73 Å². The van der Waals surface area contributed by atoms with Crippen LogP contribution in [0, 0.1) is 0 Å². The van der Waals surface area contributed by atoms with Crippen molar-refractivity contribution in [1.29, 1.82) is 0 Å². The van der Waals surface area contributed by atoms with Crippen molar-refractivity contribution in [3.8, 4) is 11.4 Å². The summed E-state index contributed by atoms with van der Waals surface area (Å²) in [6.07, 6.45) is 8.44. The highest BCUT2D eigenvalue weighted by Crippen LogP contribution is 2.19. The fourth-order valence-corrected chi connectivity index (χ4v) is 3.24. The number of anilines is 2. The number of pyridine rings is 1. The lowest BCUT2D eigenvalue weighted by atomic mass is 10.1. The minimum atomic E-state index is -0.875. The number of nitrogens with zero attached hydrogens (tertiary/aromatic N) is 5. The number of carboxylic acid groups (broad SMARTS) is 1. The first-order valence-corrected chi connectivity index (χ1v) is 10.3. The molecule has 0 bridgehead atoms. The molecule has 0 aliphatic rings. The van der Waals surface area contributed by atoms with Crippen molar-refractivity contribution in [1.82, 2.24) is 24.8 Å². The SMILES string of the molecule is C=CCN(CC(=O)O)Cc1cccc(Nc2ncnc(-c3cncc(CCCN)c3)n2)c1. The third kappa shape index (κ3) is 6.93. The van der Waals surface area contributed by atoms with Gasteiger partial charge in [0.15, 0.2) is 5.82 Å². The van der Waals surface area contributed by atoms with Crippen molar-refractivity contribution in [2.75, 3.05) is 25.0 Å². The minimum Gasteiger partial charge on any atom is -0.480 e. The van der Waals surface area contributed by atoms with Gasteiger partial charge >= 0.3 is 5.97 Å². The van der Waals surface area contributed by atoms with Crippen LogP contribution >= 0.6 is 0 Å². The van der Waals surface area contributed by atoms with E-state index in [1.165, 1.54) is 6.33 Å². The maximum Gasteiger partial charge on any atom is 0.317 e. The number of aryl methyl sites for hydroxylation is 1. The Bertz CT molecular complexity index is 1060. The van der Waals surface area contributed by atoms with E-state index in [1.807, 2.05) is 36.5 Å². The summed E-state index contributed by atoms with van der Waals surface area (Å²) in [6.45, 7) is 5.24. The molecule has 0 spiro atoms. The largest absolute Gasteiger partial charge is 0.480 e. The lowest BCUT2D eigenvalue weighted by Gasteiger charge is -2.18. The quantitative estimate of drug-likeness (QED) is 0.369. The predicted octanol–water partition coefficient (Wildman–Crippen LogP) is 2.64. The summed E-state index contributed by atoms with van der Waals surface area (Å²) < 4.78 is 0. The van der Waals surface area contributed by atoms with Crippen LogP contribution in [0.1, 0.15) is 17.5 Å². The third-order valence-corrected chi connectivity index (χ3v) is 4.63. The molecule has 0 aliphatic heterocycles. The molecule has 2 aromatic heterocycles. The zero-order valence-electron chi connectivity index (χ0n) is 17.8. The molecule has 0 aliphatic carbocycles. The lowest BCUT2D eigenvalue weighted by molar-refractivity contribution is -0.138. The average Bonchev–Trinajstić information content (AvgIpc) is 2.78. The van der Waals surface area contributed by atoms with Crippen molar-refractivity contribution >= 4 is 17.6 Å². The van der Waals surface area contributed by atoms with E-state index in [2.05, 4.69) is 31.8 Å². The highest BCUT2D eigenvalue weighted by Gasteiger charge is 2.10. The maximum atomic E-state index is 11.1. The smallest absolute Gasteiger partial charge is 0.317 e. The van der Waals surface area contributed by atoms with Crippen LogP contribution in [0.5, 0.6) is 0 Å². The molecule has 0 fully saturated rings. The van der Waals surface area contributed by atoms with Crippen LogP contribution < -0.4 is 11.1 Å². The van der Waals surface area contributed by atoms with E-state index in [0.717, 1.165) is 35.2 Å². The molecule has 166 valence electrons. The molecule has 0 unspecified atom stereocenters. The molecule has 3 rings (SSSR count). The molecular formula is C23H27N7O2. The standard InChI is InChI=1S/C23H27N7O2/c1-2-9-30(15-21(31)32)14-18-5-3-7-20(11-18)28-23-27-16-26-22(29-23)19-10-17(6-4-8-24)12-25-13-19/h2-3,5,7,10-13,16H,1,4,6,8-9,14-15,24H2,(H,31,32)(H,26,27,28,29). The number of aliphatic carboxylic acids is 1. The van der Waals surface area contributed by atoms with E-state index < -0.39 is 5.97 Å². The first kappa shape index (κ1) is 23.0. The average molecular weight is 434 g/mol. The van der Waals surface area contributed by atoms with Crippen LogP contribution in [0.25, 0.3) is 11.4 Å². The van der Waals surface area contributed by atoms with Crippen LogP contribution in [0.3, 0.4) is 0 Å². The second kappa shape index (κ2) is 11.6. The van der Waals surface area contributed by atoms with Crippen LogP contribution in [-0.2, 0) is 17.8 Å². The molecule has 0 radical (unpaired) electrons. The molecule has 3 aromatic rings. The maximum absolute atomic E-state index is 11.1. The van der Waals surface area contributed by atoms with Crippen molar-refractivity contribution in [3.63, 3.8) is 0 Å². The third-order valence-electron chi connectivity index (χ3n) is 4.63. The van der Waals surface area contributed by atoms with Crippen LogP contribution in [0.2, 0.25) is 0 Å². The summed E-state index contributed by atoms with van der Waals surface area (Å²) >= 11 is 0. The van der Waals surface area contributed by atoms with Gasteiger partial charge in [-0.15, -0.1) is 6.58 Å². The minimum absolute atomic E-state index is 0.0567. The molecule has 9 nitrogen and oxygen atoms in total. The normalized spacial score (nSPS) is 10.8. The second-order valence-corrected chi connectivity index (χ2v) is 7.28. The number of carboxylic acids is 1. The van der Waals surface area contributed by atoms with Crippen LogP contribution in [-0.4, -0.2) is 55.5 Å². The molecule has 32 heavy (non-hydrogen) atoms. The number of nitrogens with one attached hydrogen (secondary N) is 1. The van der Waals surface area contributed by atoms with Crippen molar-refractivity contribution in [3.05, 3.63) is 72.8 Å². The van der Waals surface area contributed by atoms with Crippen LogP contribution in [0.15, 0.2) is 61.7 Å². The fourth-order valence-electron chi connectivity index (χ4n) is 3.24. The summed E-state index contributed by atoms with van der Waals surface area (Å²) in [4.78, 5) is 30.2. The van der Waals surface area contributed by atoms with Gasteiger partial charge in [-0.2, -0.15) is 4.98 Å². The zero-order chi connectivity index (χ0) is 22.8. The van der Waals surface area contributed by atoms with E-state index in [1.54, 1.807) is 17.2 Å². The monoisotopic (exact) mass is 433 g/mol. The number of nitrogens with two attached hydrogens (primary N) is 1. The summed E-state index contributed by atoms with van der Waals surface area (Å²) in [6, 6.07) is 9.70. The number of rotatable bonds is 12. The molecule has 2 heterocycles. The molecule has 9 heteroatoms. The predicted molar refractivity (Wildman–Crippen MR) is 123 cm³/mol. The van der Waals surface area contributed by atoms with E-state index in [-0.39, 0.29) is 6.54 Å². The highest BCUT2D eigenvalue weighted by atomic mass is 16.4. The van der Waals surface area contributed by atoms with Gasteiger partial charge in [-0.1, -0.05) is 18.2 Å². The topological polar surface area (TPSA) is 130 Å². The van der Waals surface area contributed by atoms with Gasteiger partial charge in [0.05, 0.1) is 6.54 Å². The van der Waals surface area contributed by atoms with Gasteiger partial charge in [0.2, 0.25) is 5.95 Å². The molecule has 1 aromatic carbocycles. The molecular weight excluding hydrogens is 406 g/mol. The summed E-state index contributed by atoms with van der Waals surface area (Å²) in [5.74, 6) is 0.0628. The summed E-state index contributed by atoms with van der Waals surface area (Å²) in [7, 11) is 0. The summed E-state index contributed by atoms with van der Waals surface area (Å²) in [5, 5.41) is 12.3. The Morgan fingerprint density at radius 1 is 1.22 bits per heavy atom. The van der Waals surface area contributed by atoms with Crippen LogP contribution in [0.4, 0.5) is 11.6 Å². The first-order valence-electron chi connectivity index (χ1n) is 10.3. The number of aromatic nitrogens is 4. The molecule has 4 N–H and O–H groups in total. The second-order valence-electron chi connectivity index (χ2n) is 7.28. The Morgan fingerprint density at radius 2 is 2.09 bits per heavy atom. The van der Waals surface area contributed by atoms with Gasteiger partial charge in [0.25, 0.3) is 0 Å². The summed E-state index contributed by atoms with van der Waals surface area (Å²) in [5.41, 5.74) is 9.25. The van der Waals surface area contributed by atoms with Crippen molar-refractivity contribution < 1.29 is 9.90 Å². The lowest BCUT2D eigenvalue weighted by Crippen LogP contribution is -2.29. The van der Waals surface area contributed by atoms with E-state index in [4.69, 9.17) is 10.8 Å². The van der Waals surface area contributed by atoms with Gasteiger partial charge in [0.1, 0.15) is 6.33 Å².